The van der Waals surface area contributed by atoms with E-state index < -0.39 is 15.1 Å². The number of phenols is 2. The smallest absolute Gasteiger partial charge is 0.185 e. The lowest BCUT2D eigenvalue weighted by Crippen LogP contribution is -2.07. The molecule has 0 saturated heterocycles. The first kappa shape index (κ1) is 13.1. The van der Waals surface area contributed by atoms with E-state index in [1.54, 1.807) is 12.1 Å². The average molecular weight is 294 g/mol. The van der Waals surface area contributed by atoms with Gasteiger partial charge in [-0.1, -0.05) is 0 Å². The molecule has 6 heteroatoms. The van der Waals surface area contributed by atoms with Crippen LogP contribution in [-0.2, 0) is 9.84 Å². The van der Waals surface area contributed by atoms with Gasteiger partial charge in [0.25, 0.3) is 0 Å². The van der Waals surface area contributed by atoms with Crippen molar-refractivity contribution in [2.75, 3.05) is 7.11 Å². The van der Waals surface area contributed by atoms with Crippen LogP contribution in [0.1, 0.15) is 12.8 Å². The highest BCUT2D eigenvalue weighted by Crippen LogP contribution is 2.43. The Labute approximate surface area is 116 Å². The van der Waals surface area contributed by atoms with Gasteiger partial charge in [0.2, 0.25) is 0 Å². The number of sulfone groups is 1. The van der Waals surface area contributed by atoms with E-state index in [0.29, 0.717) is 24.0 Å². The molecule has 20 heavy (non-hydrogen) atoms. The van der Waals surface area contributed by atoms with Crippen molar-refractivity contribution < 1.29 is 23.4 Å². The number of aromatic hydroxyl groups is 2. The zero-order chi connectivity index (χ0) is 14.5. The Morgan fingerprint density at radius 2 is 1.85 bits per heavy atom. The van der Waals surface area contributed by atoms with Crippen LogP contribution in [-0.4, -0.2) is 31.0 Å². The number of fused-ring (bicyclic) bond motifs is 1. The van der Waals surface area contributed by atoms with Crippen LogP contribution in [0.3, 0.4) is 0 Å². The zero-order valence-corrected chi connectivity index (χ0v) is 11.6. The van der Waals surface area contributed by atoms with Crippen molar-refractivity contribution in [2.24, 2.45) is 0 Å². The van der Waals surface area contributed by atoms with Gasteiger partial charge in [-0.05, 0) is 31.0 Å². The van der Waals surface area contributed by atoms with E-state index in [2.05, 4.69) is 0 Å². The number of rotatable bonds is 3. The third-order valence-electron chi connectivity index (χ3n) is 3.53. The number of hydrogen-bond donors (Lipinski definition) is 2. The molecule has 1 aliphatic rings. The second-order valence-corrected chi connectivity index (χ2v) is 7.09. The molecule has 0 aliphatic heterocycles. The molecule has 0 atom stereocenters. The number of methoxy groups -OCH3 is 1. The predicted octanol–water partition coefficient (Wildman–Crippen LogP) is 2.20. The molecule has 2 aromatic carbocycles. The molecule has 1 saturated carbocycles. The fourth-order valence-corrected chi connectivity index (χ4v) is 4.02. The maximum atomic E-state index is 12.3. The van der Waals surface area contributed by atoms with Crippen molar-refractivity contribution in [2.45, 2.75) is 23.0 Å². The summed E-state index contributed by atoms with van der Waals surface area (Å²) in [5.41, 5.74) is 0. The summed E-state index contributed by atoms with van der Waals surface area (Å²) in [6, 6.07) is 5.85. The van der Waals surface area contributed by atoms with E-state index in [4.69, 9.17) is 4.74 Å². The summed E-state index contributed by atoms with van der Waals surface area (Å²) in [6.45, 7) is 0. The highest BCUT2D eigenvalue weighted by Gasteiger charge is 2.39. The maximum Gasteiger partial charge on any atom is 0.185 e. The third-order valence-corrected chi connectivity index (χ3v) is 5.80. The topological polar surface area (TPSA) is 83.8 Å². The lowest BCUT2D eigenvalue weighted by Gasteiger charge is -2.11. The fraction of sp³-hybridized carbons (Fsp3) is 0.286. The first-order valence-electron chi connectivity index (χ1n) is 6.21. The minimum atomic E-state index is -3.58. The highest BCUT2D eigenvalue weighted by molar-refractivity contribution is 7.92. The van der Waals surface area contributed by atoms with Gasteiger partial charge < -0.3 is 14.9 Å². The molecule has 5 nitrogen and oxygen atoms in total. The first-order chi connectivity index (χ1) is 9.45. The molecule has 106 valence electrons. The quantitative estimate of drug-likeness (QED) is 0.848. The minimum Gasteiger partial charge on any atom is -0.507 e. The molecule has 0 spiro atoms. The van der Waals surface area contributed by atoms with Gasteiger partial charge >= 0.3 is 0 Å². The van der Waals surface area contributed by atoms with Gasteiger partial charge in [-0.3, -0.25) is 0 Å². The summed E-state index contributed by atoms with van der Waals surface area (Å²) in [5, 5.41) is 20.5. The van der Waals surface area contributed by atoms with Crippen molar-refractivity contribution in [1.29, 1.82) is 0 Å². The molecular formula is C14H14O5S. The Balaban J connectivity index is 2.32. The van der Waals surface area contributed by atoms with E-state index in [9.17, 15) is 18.6 Å². The van der Waals surface area contributed by atoms with E-state index in [-0.39, 0.29) is 21.8 Å². The van der Waals surface area contributed by atoms with Crippen molar-refractivity contribution in [3.63, 3.8) is 0 Å². The molecule has 2 aromatic rings. The summed E-state index contributed by atoms with van der Waals surface area (Å²) in [6.07, 6.45) is 1.19. The summed E-state index contributed by atoms with van der Waals surface area (Å²) in [4.78, 5) is -0.210. The standard InChI is InChI=1S/C14H14O5S/c1-19-8-2-5-10-11(6-8)14(16)13(7-12(10)15)20(17,18)9-3-4-9/h2,5-7,9,15-16H,3-4H2,1H3. The predicted molar refractivity (Wildman–Crippen MR) is 74.0 cm³/mol. The van der Waals surface area contributed by atoms with E-state index >= 15 is 0 Å². The van der Waals surface area contributed by atoms with Gasteiger partial charge in [-0.2, -0.15) is 0 Å². The average Bonchev–Trinajstić information content (AvgIpc) is 3.27. The van der Waals surface area contributed by atoms with E-state index in [1.165, 1.54) is 13.2 Å². The van der Waals surface area contributed by atoms with Crippen molar-refractivity contribution in [3.8, 4) is 17.2 Å². The fourth-order valence-electron chi connectivity index (χ4n) is 2.25. The second-order valence-electron chi connectivity index (χ2n) is 4.90. The van der Waals surface area contributed by atoms with E-state index in [1.807, 2.05) is 0 Å². The Bertz CT molecular complexity index is 791. The Kier molecular flexibility index (Phi) is 2.79. The summed E-state index contributed by atoms with van der Waals surface area (Å²) >= 11 is 0. The van der Waals surface area contributed by atoms with E-state index in [0.717, 1.165) is 6.07 Å². The van der Waals surface area contributed by atoms with Crippen LogP contribution in [0, 0.1) is 0 Å². The van der Waals surface area contributed by atoms with Crippen molar-refractivity contribution in [1.82, 2.24) is 0 Å². The molecule has 3 rings (SSSR count). The molecule has 0 heterocycles. The molecule has 0 unspecified atom stereocenters. The molecule has 0 bridgehead atoms. The van der Waals surface area contributed by atoms with Gasteiger partial charge in [-0.15, -0.1) is 0 Å². The van der Waals surface area contributed by atoms with Gasteiger partial charge in [0.1, 0.15) is 22.1 Å². The van der Waals surface area contributed by atoms with Crippen LogP contribution in [0.25, 0.3) is 10.8 Å². The number of hydrogen-bond acceptors (Lipinski definition) is 5. The summed E-state index contributed by atoms with van der Waals surface area (Å²) in [7, 11) is -2.11. The third kappa shape index (κ3) is 1.87. The minimum absolute atomic E-state index is 0.167. The van der Waals surface area contributed by atoms with Gasteiger partial charge in [0.15, 0.2) is 9.84 Å². The SMILES string of the molecule is COc1ccc2c(O)cc(S(=O)(=O)C3CC3)c(O)c2c1. The van der Waals surface area contributed by atoms with Crippen LogP contribution in [0.5, 0.6) is 17.2 Å². The van der Waals surface area contributed by atoms with Crippen LogP contribution in [0.4, 0.5) is 0 Å². The molecule has 1 fully saturated rings. The van der Waals surface area contributed by atoms with Gasteiger partial charge in [0, 0.05) is 16.8 Å². The lowest BCUT2D eigenvalue weighted by molar-refractivity contribution is 0.414. The van der Waals surface area contributed by atoms with Crippen molar-refractivity contribution in [3.05, 3.63) is 24.3 Å². The second kappa shape index (κ2) is 4.28. The monoisotopic (exact) mass is 294 g/mol. The van der Waals surface area contributed by atoms with Crippen LogP contribution in [0.2, 0.25) is 0 Å². The number of benzene rings is 2. The number of phenolic OH excluding ortho intramolecular Hbond substituents is 2. The molecule has 0 amide bonds. The highest BCUT2D eigenvalue weighted by atomic mass is 32.2. The molecular weight excluding hydrogens is 280 g/mol. The molecule has 0 radical (unpaired) electrons. The van der Waals surface area contributed by atoms with Gasteiger partial charge in [-0.25, -0.2) is 8.42 Å². The first-order valence-corrected chi connectivity index (χ1v) is 7.76. The molecule has 0 aromatic heterocycles. The van der Waals surface area contributed by atoms with Crippen LogP contribution >= 0.6 is 0 Å². The Morgan fingerprint density at radius 3 is 2.45 bits per heavy atom. The number of ether oxygens (including phenoxy) is 1. The summed E-state index contributed by atoms with van der Waals surface area (Å²) < 4.78 is 29.6. The lowest BCUT2D eigenvalue weighted by atomic mass is 10.1. The van der Waals surface area contributed by atoms with Crippen molar-refractivity contribution >= 4 is 20.6 Å². The largest absolute Gasteiger partial charge is 0.507 e. The zero-order valence-electron chi connectivity index (χ0n) is 10.8. The molecule has 1 aliphatic carbocycles. The van der Waals surface area contributed by atoms with Crippen LogP contribution in [0.15, 0.2) is 29.2 Å². The van der Waals surface area contributed by atoms with Crippen LogP contribution < -0.4 is 4.74 Å². The molecule has 2 N–H and O–H groups in total. The normalized spacial score (nSPS) is 15.4. The Hall–Kier alpha value is -1.95. The van der Waals surface area contributed by atoms with Gasteiger partial charge in [0.05, 0.1) is 12.4 Å². The Morgan fingerprint density at radius 1 is 1.15 bits per heavy atom. The maximum absolute atomic E-state index is 12.3. The summed E-state index contributed by atoms with van der Waals surface area (Å²) in [5.74, 6) is -0.0172.